The molecule has 0 aromatic heterocycles. The highest BCUT2D eigenvalue weighted by Gasteiger charge is 2.11. The number of hydrogen-bond donors (Lipinski definition) is 1. The molecule has 118 valence electrons. The molecule has 2 aromatic carbocycles. The Kier molecular flexibility index (Phi) is 5.57. The summed E-state index contributed by atoms with van der Waals surface area (Å²) in [5.41, 5.74) is 2.37. The predicted molar refractivity (Wildman–Crippen MR) is 90.7 cm³/mol. The number of sulfonamides is 1. The van der Waals surface area contributed by atoms with Crippen LogP contribution in [0.2, 0.25) is 0 Å². The van der Waals surface area contributed by atoms with E-state index in [1.807, 2.05) is 14.1 Å². The van der Waals surface area contributed by atoms with E-state index in [-0.39, 0.29) is 0 Å². The van der Waals surface area contributed by atoms with E-state index in [0.717, 1.165) is 18.5 Å². The maximum absolute atomic E-state index is 12.0. The smallest absolute Gasteiger partial charge is 0.240 e. The van der Waals surface area contributed by atoms with Crippen LogP contribution in [-0.2, 0) is 16.4 Å². The molecule has 0 bridgehead atoms. The van der Waals surface area contributed by atoms with Gasteiger partial charge >= 0.3 is 0 Å². The fourth-order valence-electron chi connectivity index (χ4n) is 2.14. The average molecular weight is 318 g/mol. The molecule has 0 aliphatic carbocycles. The lowest BCUT2D eigenvalue weighted by atomic mass is 10.1. The molecule has 0 atom stereocenters. The van der Waals surface area contributed by atoms with Crippen LogP contribution in [0.5, 0.6) is 0 Å². The Labute approximate surface area is 132 Å². The van der Waals surface area contributed by atoms with Gasteiger partial charge in [-0.3, -0.25) is 0 Å². The topological polar surface area (TPSA) is 49.4 Å². The molecule has 0 saturated heterocycles. The zero-order chi connectivity index (χ0) is 16.0. The first-order valence-corrected chi connectivity index (χ1v) is 8.78. The van der Waals surface area contributed by atoms with Crippen LogP contribution in [0.3, 0.4) is 0 Å². The number of benzene rings is 2. The summed E-state index contributed by atoms with van der Waals surface area (Å²) in [6.45, 7) is 0.437. The van der Waals surface area contributed by atoms with Crippen LogP contribution < -0.4 is 9.62 Å². The van der Waals surface area contributed by atoms with Crippen molar-refractivity contribution in [2.45, 2.75) is 17.7 Å². The minimum absolute atomic E-state index is 0.310. The number of anilines is 1. The largest absolute Gasteiger partial charge is 0.378 e. The van der Waals surface area contributed by atoms with E-state index in [0.29, 0.717) is 11.4 Å². The van der Waals surface area contributed by atoms with E-state index in [4.69, 9.17) is 0 Å². The molecule has 0 amide bonds. The standard InChI is InChI=1S/C17H22N2O2S/c1-19(2)16-12-10-15(11-13-16)7-6-14-18-22(20,21)17-8-4-3-5-9-17/h3-5,8-13,18H,6-7,14H2,1-2H3. The van der Waals surface area contributed by atoms with Crippen LogP contribution >= 0.6 is 0 Å². The van der Waals surface area contributed by atoms with E-state index in [1.54, 1.807) is 30.3 Å². The molecule has 22 heavy (non-hydrogen) atoms. The third kappa shape index (κ3) is 4.58. The Morgan fingerprint density at radius 3 is 2.18 bits per heavy atom. The van der Waals surface area contributed by atoms with Crippen LogP contribution in [0.25, 0.3) is 0 Å². The summed E-state index contributed by atoms with van der Waals surface area (Å²) in [5.74, 6) is 0. The Morgan fingerprint density at radius 2 is 1.59 bits per heavy atom. The van der Waals surface area contributed by atoms with E-state index in [9.17, 15) is 8.42 Å². The van der Waals surface area contributed by atoms with E-state index in [2.05, 4.69) is 33.9 Å². The second-order valence-electron chi connectivity index (χ2n) is 5.38. The van der Waals surface area contributed by atoms with Crippen LogP contribution in [-0.4, -0.2) is 29.1 Å². The number of nitrogens with one attached hydrogen (secondary N) is 1. The monoisotopic (exact) mass is 318 g/mol. The highest BCUT2D eigenvalue weighted by molar-refractivity contribution is 7.89. The summed E-state index contributed by atoms with van der Waals surface area (Å²) in [5, 5.41) is 0. The summed E-state index contributed by atoms with van der Waals surface area (Å²) in [4.78, 5) is 2.36. The summed E-state index contributed by atoms with van der Waals surface area (Å²) >= 11 is 0. The number of hydrogen-bond acceptors (Lipinski definition) is 3. The van der Waals surface area contributed by atoms with Gasteiger partial charge in [0.2, 0.25) is 10.0 Å². The second kappa shape index (κ2) is 7.42. The second-order valence-corrected chi connectivity index (χ2v) is 7.14. The van der Waals surface area contributed by atoms with Gasteiger partial charge in [-0.1, -0.05) is 30.3 Å². The molecule has 2 aromatic rings. The summed E-state index contributed by atoms with van der Waals surface area (Å²) in [6.07, 6.45) is 1.62. The lowest BCUT2D eigenvalue weighted by molar-refractivity contribution is 0.579. The van der Waals surface area contributed by atoms with E-state index in [1.165, 1.54) is 5.56 Å². The maximum Gasteiger partial charge on any atom is 0.240 e. The summed E-state index contributed by atoms with van der Waals surface area (Å²) < 4.78 is 26.7. The molecular formula is C17H22N2O2S. The molecule has 2 rings (SSSR count). The minimum Gasteiger partial charge on any atom is -0.378 e. The number of aryl methyl sites for hydroxylation is 1. The summed E-state index contributed by atoms with van der Waals surface area (Å²) in [7, 11) is 0.625. The Balaban J connectivity index is 1.82. The molecule has 0 aliphatic rings. The first-order valence-electron chi connectivity index (χ1n) is 7.30. The molecule has 0 heterocycles. The number of rotatable bonds is 7. The van der Waals surface area contributed by atoms with Crippen LogP contribution in [0.1, 0.15) is 12.0 Å². The van der Waals surface area contributed by atoms with E-state index >= 15 is 0 Å². The van der Waals surface area contributed by atoms with Crippen molar-refractivity contribution in [3.63, 3.8) is 0 Å². The van der Waals surface area contributed by atoms with Gasteiger partial charge in [0.25, 0.3) is 0 Å². The maximum atomic E-state index is 12.0. The molecular weight excluding hydrogens is 296 g/mol. The average Bonchev–Trinajstić information content (AvgIpc) is 2.53. The quantitative estimate of drug-likeness (QED) is 0.799. The fourth-order valence-corrected chi connectivity index (χ4v) is 3.24. The Morgan fingerprint density at radius 1 is 0.955 bits per heavy atom. The molecule has 4 nitrogen and oxygen atoms in total. The predicted octanol–water partition coefficient (Wildman–Crippen LogP) is 2.66. The van der Waals surface area contributed by atoms with E-state index < -0.39 is 10.0 Å². The van der Waals surface area contributed by atoms with Gasteiger partial charge in [-0.2, -0.15) is 0 Å². The third-order valence-corrected chi connectivity index (χ3v) is 4.92. The molecule has 0 unspecified atom stereocenters. The molecule has 0 fully saturated rings. The lowest BCUT2D eigenvalue weighted by Gasteiger charge is -2.12. The van der Waals surface area contributed by atoms with Gasteiger partial charge < -0.3 is 4.90 Å². The lowest BCUT2D eigenvalue weighted by Crippen LogP contribution is -2.25. The van der Waals surface area contributed by atoms with Crippen molar-refractivity contribution >= 4 is 15.7 Å². The Hall–Kier alpha value is -1.85. The Bertz CT molecular complexity index is 680. The van der Waals surface area contributed by atoms with Crippen LogP contribution in [0, 0.1) is 0 Å². The van der Waals surface area contributed by atoms with Crippen LogP contribution in [0.15, 0.2) is 59.5 Å². The third-order valence-electron chi connectivity index (χ3n) is 3.44. The van der Waals surface area contributed by atoms with Gasteiger partial charge in [0.15, 0.2) is 0 Å². The highest BCUT2D eigenvalue weighted by Crippen LogP contribution is 2.13. The fraction of sp³-hybridized carbons (Fsp3) is 0.294. The first-order chi connectivity index (χ1) is 10.5. The minimum atomic E-state index is -3.39. The first kappa shape index (κ1) is 16.5. The SMILES string of the molecule is CN(C)c1ccc(CCCNS(=O)(=O)c2ccccc2)cc1. The number of nitrogens with zero attached hydrogens (tertiary/aromatic N) is 1. The van der Waals surface area contributed by atoms with Crippen molar-refractivity contribution in [2.75, 3.05) is 25.5 Å². The van der Waals surface area contributed by atoms with Gasteiger partial charge in [0.1, 0.15) is 0 Å². The van der Waals surface area contributed by atoms with Gasteiger partial charge in [0.05, 0.1) is 4.90 Å². The zero-order valence-corrected chi connectivity index (χ0v) is 13.8. The molecule has 0 aliphatic heterocycles. The van der Waals surface area contributed by atoms with Gasteiger partial charge in [-0.25, -0.2) is 13.1 Å². The van der Waals surface area contributed by atoms with Crippen molar-refractivity contribution in [1.82, 2.24) is 4.72 Å². The van der Waals surface area contributed by atoms with Crippen molar-refractivity contribution < 1.29 is 8.42 Å². The molecule has 1 N–H and O–H groups in total. The van der Waals surface area contributed by atoms with Crippen molar-refractivity contribution in [3.8, 4) is 0 Å². The molecule has 5 heteroatoms. The van der Waals surface area contributed by atoms with Crippen molar-refractivity contribution in [1.29, 1.82) is 0 Å². The van der Waals surface area contributed by atoms with Gasteiger partial charge in [-0.05, 0) is 42.7 Å². The molecule has 0 radical (unpaired) electrons. The summed E-state index contributed by atoms with van der Waals surface area (Å²) in [6, 6.07) is 16.8. The molecule has 0 spiro atoms. The normalized spacial score (nSPS) is 11.4. The highest BCUT2D eigenvalue weighted by atomic mass is 32.2. The zero-order valence-electron chi connectivity index (χ0n) is 13.0. The van der Waals surface area contributed by atoms with Crippen molar-refractivity contribution in [3.05, 3.63) is 60.2 Å². The van der Waals surface area contributed by atoms with Gasteiger partial charge in [-0.15, -0.1) is 0 Å². The van der Waals surface area contributed by atoms with Crippen molar-refractivity contribution in [2.24, 2.45) is 0 Å². The molecule has 0 saturated carbocycles. The van der Waals surface area contributed by atoms with Crippen LogP contribution in [0.4, 0.5) is 5.69 Å². The van der Waals surface area contributed by atoms with Gasteiger partial charge in [0, 0.05) is 26.3 Å².